The Balaban J connectivity index is 3.33. The number of benzene rings is 1. The summed E-state index contributed by atoms with van der Waals surface area (Å²) in [6.45, 7) is 0. The average Bonchev–Trinajstić information content (AvgIpc) is 2.09. The van der Waals surface area contributed by atoms with E-state index in [9.17, 15) is 9.18 Å². The van der Waals surface area contributed by atoms with Crippen LogP contribution in [0.25, 0.3) is 0 Å². The molecule has 1 aromatic rings. The summed E-state index contributed by atoms with van der Waals surface area (Å²) in [7, 11) is 0. The van der Waals surface area contributed by atoms with E-state index in [0.29, 0.717) is 10.9 Å². The van der Waals surface area contributed by atoms with Crippen LogP contribution in [0, 0.1) is 5.82 Å². The van der Waals surface area contributed by atoms with E-state index in [1.165, 1.54) is 12.1 Å². The van der Waals surface area contributed by atoms with Crippen molar-refractivity contribution in [3.05, 3.63) is 34.1 Å². The van der Waals surface area contributed by atoms with Crippen molar-refractivity contribution in [3.8, 4) is 0 Å². The Hall–Kier alpha value is -0.610. The van der Waals surface area contributed by atoms with Crippen molar-refractivity contribution in [1.29, 1.82) is 0 Å². The fourth-order valence-corrected chi connectivity index (χ4v) is 1.39. The second-order valence-electron chi connectivity index (χ2n) is 2.38. The molecular formula is C8H5BrClFO2. The molecule has 70 valence electrons. The van der Waals surface area contributed by atoms with Gasteiger partial charge in [0.05, 0.1) is 10.6 Å². The highest BCUT2D eigenvalue weighted by Crippen LogP contribution is 2.23. The molecule has 0 atom stereocenters. The van der Waals surface area contributed by atoms with Crippen LogP contribution in [0.4, 0.5) is 4.39 Å². The SMILES string of the molecule is O=C(O)c1cc(CBr)cc(F)c1Cl. The molecule has 0 aromatic heterocycles. The summed E-state index contributed by atoms with van der Waals surface area (Å²) in [5.41, 5.74) is 0.329. The van der Waals surface area contributed by atoms with Gasteiger partial charge in [0, 0.05) is 5.33 Å². The van der Waals surface area contributed by atoms with Gasteiger partial charge in [0.15, 0.2) is 0 Å². The van der Waals surface area contributed by atoms with Crippen molar-refractivity contribution in [3.63, 3.8) is 0 Å². The van der Waals surface area contributed by atoms with Gasteiger partial charge in [-0.3, -0.25) is 0 Å². The molecule has 5 heteroatoms. The van der Waals surface area contributed by atoms with E-state index in [4.69, 9.17) is 16.7 Å². The topological polar surface area (TPSA) is 37.3 Å². The van der Waals surface area contributed by atoms with Gasteiger partial charge >= 0.3 is 5.97 Å². The molecule has 0 spiro atoms. The lowest BCUT2D eigenvalue weighted by Gasteiger charge is -2.02. The third-order valence-corrected chi connectivity index (χ3v) is 2.50. The lowest BCUT2D eigenvalue weighted by atomic mass is 10.1. The van der Waals surface area contributed by atoms with E-state index >= 15 is 0 Å². The highest BCUT2D eigenvalue weighted by molar-refractivity contribution is 9.08. The summed E-state index contributed by atoms with van der Waals surface area (Å²) in [5.74, 6) is -1.94. The fraction of sp³-hybridized carbons (Fsp3) is 0.125. The van der Waals surface area contributed by atoms with Gasteiger partial charge in [-0.2, -0.15) is 0 Å². The summed E-state index contributed by atoms with van der Waals surface area (Å²) >= 11 is 8.54. The third kappa shape index (κ3) is 2.19. The van der Waals surface area contributed by atoms with Crippen LogP contribution in [0.5, 0.6) is 0 Å². The van der Waals surface area contributed by atoms with E-state index in [0.717, 1.165) is 0 Å². The molecule has 0 saturated carbocycles. The number of hydrogen-bond donors (Lipinski definition) is 1. The molecule has 0 aliphatic rings. The summed E-state index contributed by atoms with van der Waals surface area (Å²) in [6, 6.07) is 2.53. The smallest absolute Gasteiger partial charge is 0.337 e. The zero-order valence-corrected chi connectivity index (χ0v) is 8.69. The van der Waals surface area contributed by atoms with Gasteiger partial charge < -0.3 is 5.11 Å². The molecule has 0 bridgehead atoms. The molecule has 13 heavy (non-hydrogen) atoms. The van der Waals surface area contributed by atoms with Gasteiger partial charge in [0.2, 0.25) is 0 Å². The minimum Gasteiger partial charge on any atom is -0.478 e. The van der Waals surface area contributed by atoms with Crippen molar-refractivity contribution in [2.45, 2.75) is 5.33 Å². The molecule has 0 radical (unpaired) electrons. The van der Waals surface area contributed by atoms with Crippen LogP contribution in [0.3, 0.4) is 0 Å². The van der Waals surface area contributed by atoms with Crippen LogP contribution in [-0.4, -0.2) is 11.1 Å². The highest BCUT2D eigenvalue weighted by atomic mass is 79.9. The molecule has 0 heterocycles. The van der Waals surface area contributed by atoms with Gasteiger partial charge in [0.1, 0.15) is 5.82 Å². The minimum atomic E-state index is -1.23. The number of carboxylic acid groups (broad SMARTS) is 1. The Morgan fingerprint density at radius 2 is 2.23 bits per heavy atom. The third-order valence-electron chi connectivity index (χ3n) is 1.47. The van der Waals surface area contributed by atoms with E-state index in [1.54, 1.807) is 0 Å². The summed E-state index contributed by atoms with van der Waals surface area (Å²) in [5, 5.41) is 8.68. The largest absolute Gasteiger partial charge is 0.478 e. The van der Waals surface area contributed by atoms with E-state index in [1.807, 2.05) is 0 Å². The van der Waals surface area contributed by atoms with Crippen LogP contribution in [0.15, 0.2) is 12.1 Å². The van der Waals surface area contributed by atoms with Crippen LogP contribution in [0.2, 0.25) is 5.02 Å². The van der Waals surface area contributed by atoms with Crippen LogP contribution in [-0.2, 0) is 5.33 Å². The number of halogens is 3. The molecule has 0 aliphatic carbocycles. The molecule has 0 aliphatic heterocycles. The monoisotopic (exact) mass is 266 g/mol. The predicted octanol–water partition coefficient (Wildman–Crippen LogP) is 3.07. The van der Waals surface area contributed by atoms with Gasteiger partial charge in [0.25, 0.3) is 0 Å². The minimum absolute atomic E-state index is 0.212. The number of rotatable bonds is 2. The average molecular weight is 267 g/mol. The van der Waals surface area contributed by atoms with Gasteiger partial charge in [-0.05, 0) is 17.7 Å². The van der Waals surface area contributed by atoms with Gasteiger partial charge in [-0.25, -0.2) is 9.18 Å². The maximum Gasteiger partial charge on any atom is 0.337 e. The first kappa shape index (κ1) is 10.5. The Morgan fingerprint density at radius 3 is 2.69 bits per heavy atom. The number of hydrogen-bond acceptors (Lipinski definition) is 1. The van der Waals surface area contributed by atoms with Crippen LogP contribution in [0.1, 0.15) is 15.9 Å². The Morgan fingerprint density at radius 1 is 1.62 bits per heavy atom. The number of carbonyl (C=O) groups is 1. The predicted molar refractivity (Wildman–Crippen MR) is 51.0 cm³/mol. The van der Waals surface area contributed by atoms with Crippen molar-refractivity contribution in [2.75, 3.05) is 0 Å². The number of carboxylic acids is 1. The molecular weight excluding hydrogens is 262 g/mol. The Labute approximate surface area is 87.5 Å². The van der Waals surface area contributed by atoms with Crippen molar-refractivity contribution in [1.82, 2.24) is 0 Å². The molecule has 0 amide bonds. The maximum atomic E-state index is 13.0. The second-order valence-corrected chi connectivity index (χ2v) is 3.32. The van der Waals surface area contributed by atoms with Crippen molar-refractivity contribution < 1.29 is 14.3 Å². The van der Waals surface area contributed by atoms with Gasteiger partial charge in [-0.15, -0.1) is 0 Å². The summed E-state index contributed by atoms with van der Waals surface area (Å²) in [4.78, 5) is 10.6. The molecule has 2 nitrogen and oxygen atoms in total. The normalized spacial score (nSPS) is 10.1. The highest BCUT2D eigenvalue weighted by Gasteiger charge is 2.13. The molecule has 0 saturated heterocycles. The summed E-state index contributed by atoms with van der Waals surface area (Å²) < 4.78 is 13.0. The van der Waals surface area contributed by atoms with E-state index in [2.05, 4.69) is 15.9 Å². The van der Waals surface area contributed by atoms with Crippen molar-refractivity contribution >= 4 is 33.5 Å². The standard InChI is InChI=1S/C8H5BrClFO2/c9-3-4-1-5(8(12)13)7(10)6(11)2-4/h1-2H,3H2,(H,12,13). The molecule has 1 aromatic carbocycles. The van der Waals surface area contributed by atoms with E-state index < -0.39 is 11.8 Å². The lowest BCUT2D eigenvalue weighted by Crippen LogP contribution is -2.00. The summed E-state index contributed by atoms with van der Waals surface area (Å²) in [6.07, 6.45) is 0. The van der Waals surface area contributed by atoms with E-state index in [-0.39, 0.29) is 10.6 Å². The quantitative estimate of drug-likeness (QED) is 0.836. The molecule has 0 fully saturated rings. The molecule has 1 N–H and O–H groups in total. The number of aromatic carboxylic acids is 1. The second kappa shape index (κ2) is 4.07. The maximum absolute atomic E-state index is 13.0. The Bertz CT molecular complexity index is 354. The zero-order chi connectivity index (χ0) is 10.0. The van der Waals surface area contributed by atoms with Crippen LogP contribution >= 0.6 is 27.5 Å². The van der Waals surface area contributed by atoms with Crippen molar-refractivity contribution in [2.24, 2.45) is 0 Å². The van der Waals surface area contributed by atoms with Gasteiger partial charge in [-0.1, -0.05) is 27.5 Å². The molecule has 1 rings (SSSR count). The Kier molecular flexibility index (Phi) is 3.27. The first-order valence-corrected chi connectivity index (χ1v) is 4.83. The fourth-order valence-electron chi connectivity index (χ4n) is 0.878. The first-order valence-electron chi connectivity index (χ1n) is 3.33. The first-order chi connectivity index (χ1) is 6.06. The number of alkyl halides is 1. The molecule has 0 unspecified atom stereocenters. The lowest BCUT2D eigenvalue weighted by molar-refractivity contribution is 0.0696. The van der Waals surface area contributed by atoms with Crippen LogP contribution < -0.4 is 0 Å². The zero-order valence-electron chi connectivity index (χ0n) is 6.35.